The first-order chi connectivity index (χ1) is 9.81. The van der Waals surface area contributed by atoms with Gasteiger partial charge in [0.2, 0.25) is 0 Å². The maximum absolute atomic E-state index is 6.17. The number of hydrogen-bond donors (Lipinski definition) is 1. The summed E-state index contributed by atoms with van der Waals surface area (Å²) in [6.07, 6.45) is 3.85. The Balaban J connectivity index is 1.69. The first-order valence-corrected chi connectivity index (χ1v) is 6.75. The summed E-state index contributed by atoms with van der Waals surface area (Å²) < 4.78 is 13.4. The van der Waals surface area contributed by atoms with Crippen molar-refractivity contribution >= 4 is 11.4 Å². The number of ether oxygens (including phenoxy) is 2. The first-order valence-electron chi connectivity index (χ1n) is 6.75. The summed E-state index contributed by atoms with van der Waals surface area (Å²) in [5.41, 5.74) is 7.87. The highest BCUT2D eigenvalue weighted by molar-refractivity contribution is 5.73. The molecule has 4 rings (SSSR count). The number of hydrogen-bond acceptors (Lipinski definition) is 5. The molecule has 0 saturated carbocycles. The van der Waals surface area contributed by atoms with E-state index in [0.29, 0.717) is 18.9 Å². The molecule has 104 valence electrons. The molecule has 0 radical (unpaired) electrons. The van der Waals surface area contributed by atoms with Gasteiger partial charge in [-0.25, -0.2) is 4.98 Å². The van der Waals surface area contributed by atoms with Gasteiger partial charge in [0.1, 0.15) is 19.0 Å². The molecule has 2 aliphatic heterocycles. The van der Waals surface area contributed by atoms with Crippen LogP contribution in [0, 0.1) is 0 Å². The van der Waals surface area contributed by atoms with Gasteiger partial charge in [-0.2, -0.15) is 0 Å². The summed E-state index contributed by atoms with van der Waals surface area (Å²) in [7, 11) is 0. The Bertz CT molecular complexity index is 653. The minimum absolute atomic E-state index is 0.576. The van der Waals surface area contributed by atoms with E-state index in [0.717, 1.165) is 42.6 Å². The normalized spacial score (nSPS) is 16.9. The van der Waals surface area contributed by atoms with Crippen LogP contribution in [0.3, 0.4) is 0 Å². The quantitative estimate of drug-likeness (QED) is 0.792. The number of rotatable bonds is 1. The summed E-state index contributed by atoms with van der Waals surface area (Å²) in [5, 5.41) is 0. The van der Waals surface area contributed by atoms with Crippen LogP contribution in [0.2, 0.25) is 0 Å². The SMILES string of the molecule is Nc1cc2c(cc1N1CCn3ccnc3C1)OCCO2. The van der Waals surface area contributed by atoms with Crippen LogP contribution in [0.15, 0.2) is 24.5 Å². The maximum Gasteiger partial charge on any atom is 0.163 e. The first kappa shape index (κ1) is 11.5. The highest BCUT2D eigenvalue weighted by Crippen LogP contribution is 2.39. The van der Waals surface area contributed by atoms with Gasteiger partial charge in [-0.15, -0.1) is 0 Å². The van der Waals surface area contributed by atoms with Crippen molar-refractivity contribution < 1.29 is 9.47 Å². The zero-order valence-electron chi connectivity index (χ0n) is 11.1. The van der Waals surface area contributed by atoms with Crippen molar-refractivity contribution in [3.63, 3.8) is 0 Å². The lowest BCUT2D eigenvalue weighted by Crippen LogP contribution is -2.34. The van der Waals surface area contributed by atoms with Crippen LogP contribution in [-0.2, 0) is 13.1 Å². The highest BCUT2D eigenvalue weighted by Gasteiger charge is 2.22. The van der Waals surface area contributed by atoms with Crippen LogP contribution in [-0.4, -0.2) is 29.3 Å². The Hall–Kier alpha value is -2.37. The fraction of sp³-hybridized carbons (Fsp3) is 0.357. The number of benzene rings is 1. The van der Waals surface area contributed by atoms with Crippen LogP contribution >= 0.6 is 0 Å². The number of aromatic nitrogens is 2. The largest absolute Gasteiger partial charge is 0.486 e. The van der Waals surface area contributed by atoms with Crippen molar-refractivity contribution in [3.8, 4) is 11.5 Å². The Kier molecular flexibility index (Phi) is 2.48. The zero-order valence-corrected chi connectivity index (χ0v) is 11.1. The third-order valence-corrected chi connectivity index (χ3v) is 3.78. The molecule has 0 amide bonds. The molecule has 1 aromatic heterocycles. The van der Waals surface area contributed by atoms with Crippen LogP contribution in [0.5, 0.6) is 11.5 Å². The molecular weight excluding hydrogens is 256 g/mol. The number of nitrogens with two attached hydrogens (primary N) is 1. The highest BCUT2D eigenvalue weighted by atomic mass is 16.6. The Labute approximate surface area is 116 Å². The van der Waals surface area contributed by atoms with Gasteiger partial charge in [0.15, 0.2) is 11.5 Å². The molecule has 0 bridgehead atoms. The van der Waals surface area contributed by atoms with Gasteiger partial charge in [-0.05, 0) is 0 Å². The molecule has 3 heterocycles. The van der Waals surface area contributed by atoms with E-state index in [1.807, 2.05) is 24.5 Å². The topological polar surface area (TPSA) is 65.5 Å². The molecule has 6 nitrogen and oxygen atoms in total. The van der Waals surface area contributed by atoms with E-state index in [1.54, 1.807) is 0 Å². The second-order valence-corrected chi connectivity index (χ2v) is 5.01. The molecular formula is C14H16N4O2. The van der Waals surface area contributed by atoms with E-state index in [1.165, 1.54) is 0 Å². The smallest absolute Gasteiger partial charge is 0.163 e. The minimum Gasteiger partial charge on any atom is -0.486 e. The third-order valence-electron chi connectivity index (χ3n) is 3.78. The maximum atomic E-state index is 6.17. The van der Waals surface area contributed by atoms with Crippen LogP contribution < -0.4 is 20.1 Å². The molecule has 6 heteroatoms. The fourth-order valence-corrected chi connectivity index (χ4v) is 2.75. The number of imidazole rings is 1. The van der Waals surface area contributed by atoms with Gasteiger partial charge in [-0.3, -0.25) is 0 Å². The van der Waals surface area contributed by atoms with Crippen molar-refractivity contribution in [1.82, 2.24) is 9.55 Å². The van der Waals surface area contributed by atoms with E-state index < -0.39 is 0 Å². The number of nitrogen functional groups attached to an aromatic ring is 1. The van der Waals surface area contributed by atoms with Crippen LogP contribution in [0.1, 0.15) is 5.82 Å². The van der Waals surface area contributed by atoms with Crippen LogP contribution in [0.25, 0.3) is 0 Å². The molecule has 2 aromatic rings. The number of nitrogens with zero attached hydrogens (tertiary/aromatic N) is 3. The predicted molar refractivity (Wildman–Crippen MR) is 75.1 cm³/mol. The van der Waals surface area contributed by atoms with E-state index in [-0.39, 0.29) is 0 Å². The molecule has 0 unspecified atom stereocenters. The van der Waals surface area contributed by atoms with E-state index >= 15 is 0 Å². The molecule has 1 aromatic carbocycles. The molecule has 2 aliphatic rings. The van der Waals surface area contributed by atoms with Crippen molar-refractivity contribution in [1.29, 1.82) is 0 Å². The molecule has 0 fully saturated rings. The summed E-state index contributed by atoms with van der Waals surface area (Å²) in [6, 6.07) is 3.83. The molecule has 0 atom stereocenters. The van der Waals surface area contributed by atoms with Gasteiger partial charge in [0.25, 0.3) is 0 Å². The monoisotopic (exact) mass is 272 g/mol. The average Bonchev–Trinajstić information content (AvgIpc) is 2.94. The second-order valence-electron chi connectivity index (χ2n) is 5.01. The third kappa shape index (κ3) is 1.76. The lowest BCUT2D eigenvalue weighted by molar-refractivity contribution is 0.172. The summed E-state index contributed by atoms with van der Waals surface area (Å²) >= 11 is 0. The number of fused-ring (bicyclic) bond motifs is 2. The van der Waals surface area contributed by atoms with Crippen molar-refractivity contribution in [2.75, 3.05) is 30.4 Å². The molecule has 0 saturated heterocycles. The molecule has 20 heavy (non-hydrogen) atoms. The van der Waals surface area contributed by atoms with E-state index in [4.69, 9.17) is 15.2 Å². The molecule has 2 N–H and O–H groups in total. The van der Waals surface area contributed by atoms with Gasteiger partial charge >= 0.3 is 0 Å². The Morgan fingerprint density at radius 3 is 2.75 bits per heavy atom. The van der Waals surface area contributed by atoms with Gasteiger partial charge in [0, 0.05) is 37.6 Å². The Morgan fingerprint density at radius 2 is 1.90 bits per heavy atom. The zero-order chi connectivity index (χ0) is 13.5. The molecule has 0 spiro atoms. The summed E-state index contributed by atoms with van der Waals surface area (Å²) in [6.45, 7) is 3.75. The number of anilines is 2. The molecule has 0 aliphatic carbocycles. The van der Waals surface area contributed by atoms with E-state index in [9.17, 15) is 0 Å². The van der Waals surface area contributed by atoms with Crippen LogP contribution in [0.4, 0.5) is 11.4 Å². The summed E-state index contributed by atoms with van der Waals surface area (Å²) in [4.78, 5) is 6.61. The second kappa shape index (κ2) is 4.33. The lowest BCUT2D eigenvalue weighted by Gasteiger charge is -2.31. The van der Waals surface area contributed by atoms with Gasteiger partial charge in [-0.1, -0.05) is 0 Å². The summed E-state index contributed by atoms with van der Waals surface area (Å²) in [5.74, 6) is 2.57. The average molecular weight is 272 g/mol. The fourth-order valence-electron chi connectivity index (χ4n) is 2.75. The van der Waals surface area contributed by atoms with Crippen molar-refractivity contribution in [2.45, 2.75) is 13.1 Å². The minimum atomic E-state index is 0.576. The van der Waals surface area contributed by atoms with Gasteiger partial charge in [0.05, 0.1) is 17.9 Å². The van der Waals surface area contributed by atoms with Crippen molar-refractivity contribution in [3.05, 3.63) is 30.4 Å². The Morgan fingerprint density at radius 1 is 1.10 bits per heavy atom. The standard InChI is InChI=1S/C14H16N4O2/c15-10-7-12-13(20-6-5-19-12)8-11(10)18-4-3-17-2-1-16-14(17)9-18/h1-2,7-8H,3-6,9,15H2. The lowest BCUT2D eigenvalue weighted by atomic mass is 10.2. The van der Waals surface area contributed by atoms with Crippen molar-refractivity contribution in [2.24, 2.45) is 0 Å². The van der Waals surface area contributed by atoms with E-state index in [2.05, 4.69) is 14.5 Å². The predicted octanol–water partition coefficient (Wildman–Crippen LogP) is 1.26. The van der Waals surface area contributed by atoms with Gasteiger partial charge < -0.3 is 24.7 Å².